The summed E-state index contributed by atoms with van der Waals surface area (Å²) in [5.41, 5.74) is 1.56. The van der Waals surface area contributed by atoms with Gasteiger partial charge in [0.1, 0.15) is 0 Å². The van der Waals surface area contributed by atoms with Gasteiger partial charge in [-0.1, -0.05) is 20.8 Å². The zero-order valence-corrected chi connectivity index (χ0v) is 12.3. The molecule has 0 saturated carbocycles. The van der Waals surface area contributed by atoms with Gasteiger partial charge in [-0.15, -0.1) is 0 Å². The van der Waals surface area contributed by atoms with Crippen molar-refractivity contribution >= 4 is 0 Å². The molecule has 2 aromatic rings. The summed E-state index contributed by atoms with van der Waals surface area (Å²) in [5, 5.41) is 0. The predicted octanol–water partition coefficient (Wildman–Crippen LogP) is 1.99. The number of aromatic nitrogens is 3. The summed E-state index contributed by atoms with van der Waals surface area (Å²) < 4.78 is 6.65. The SMILES string of the molecule is COc1cc(Cn2cnc(C(C)(C)C)cc2=O)ccn1. The maximum atomic E-state index is 12.1. The summed E-state index contributed by atoms with van der Waals surface area (Å²) in [5.74, 6) is 0.537. The molecular weight excluding hydrogens is 254 g/mol. The molecule has 2 heterocycles. The Bertz CT molecular complexity index is 657. The van der Waals surface area contributed by atoms with Gasteiger partial charge in [-0.3, -0.25) is 9.36 Å². The minimum absolute atomic E-state index is 0.0549. The lowest BCUT2D eigenvalue weighted by Crippen LogP contribution is -2.25. The van der Waals surface area contributed by atoms with Crippen molar-refractivity contribution in [1.82, 2.24) is 14.5 Å². The Balaban J connectivity index is 2.28. The van der Waals surface area contributed by atoms with Gasteiger partial charge in [-0.05, 0) is 11.6 Å². The van der Waals surface area contributed by atoms with E-state index in [4.69, 9.17) is 4.74 Å². The number of rotatable bonds is 3. The van der Waals surface area contributed by atoms with E-state index in [1.54, 1.807) is 30.3 Å². The number of hydrogen-bond donors (Lipinski definition) is 0. The molecule has 0 N–H and O–H groups in total. The topological polar surface area (TPSA) is 57.0 Å². The Kier molecular flexibility index (Phi) is 3.88. The van der Waals surface area contributed by atoms with Gasteiger partial charge in [-0.25, -0.2) is 9.97 Å². The standard InChI is InChI=1S/C15H19N3O2/c1-15(2,3)12-8-14(19)18(10-17-12)9-11-5-6-16-13(7-11)20-4/h5-8,10H,9H2,1-4H3. The van der Waals surface area contributed by atoms with Crippen molar-refractivity contribution in [3.8, 4) is 5.88 Å². The maximum absolute atomic E-state index is 12.1. The van der Waals surface area contributed by atoms with E-state index in [1.165, 1.54) is 0 Å². The first-order valence-corrected chi connectivity index (χ1v) is 6.46. The summed E-state index contributed by atoms with van der Waals surface area (Å²) in [7, 11) is 1.57. The molecule has 0 aliphatic rings. The number of ether oxygens (including phenoxy) is 1. The number of nitrogens with zero attached hydrogens (tertiary/aromatic N) is 3. The van der Waals surface area contributed by atoms with Crippen molar-refractivity contribution < 1.29 is 4.74 Å². The second-order valence-corrected chi connectivity index (χ2v) is 5.70. The van der Waals surface area contributed by atoms with Crippen LogP contribution in [-0.4, -0.2) is 21.6 Å². The summed E-state index contributed by atoms with van der Waals surface area (Å²) in [6.07, 6.45) is 3.26. The molecule has 5 nitrogen and oxygen atoms in total. The lowest BCUT2D eigenvalue weighted by Gasteiger charge is -2.17. The summed E-state index contributed by atoms with van der Waals surface area (Å²) in [4.78, 5) is 20.5. The molecule has 106 valence electrons. The summed E-state index contributed by atoms with van der Waals surface area (Å²) in [6.45, 7) is 6.56. The number of methoxy groups -OCH3 is 1. The molecule has 0 aromatic carbocycles. The Morgan fingerprint density at radius 1 is 1.25 bits per heavy atom. The molecular formula is C15H19N3O2. The quantitative estimate of drug-likeness (QED) is 0.858. The predicted molar refractivity (Wildman–Crippen MR) is 77.1 cm³/mol. The highest BCUT2D eigenvalue weighted by molar-refractivity contribution is 5.21. The van der Waals surface area contributed by atoms with Gasteiger partial charge < -0.3 is 4.74 Å². The van der Waals surface area contributed by atoms with Crippen LogP contribution < -0.4 is 10.3 Å². The van der Waals surface area contributed by atoms with Crippen LogP contribution in [0.1, 0.15) is 32.0 Å². The van der Waals surface area contributed by atoms with Crippen LogP contribution >= 0.6 is 0 Å². The van der Waals surface area contributed by atoms with Crippen molar-refractivity contribution in [1.29, 1.82) is 0 Å². The van der Waals surface area contributed by atoms with Crippen LogP contribution in [0.5, 0.6) is 5.88 Å². The number of hydrogen-bond acceptors (Lipinski definition) is 4. The fourth-order valence-electron chi connectivity index (χ4n) is 1.81. The second kappa shape index (κ2) is 5.45. The van der Waals surface area contributed by atoms with Crippen LogP contribution in [-0.2, 0) is 12.0 Å². The van der Waals surface area contributed by atoms with E-state index in [0.717, 1.165) is 11.3 Å². The van der Waals surface area contributed by atoms with Gasteiger partial charge in [0.15, 0.2) is 0 Å². The molecule has 0 bridgehead atoms. The third kappa shape index (κ3) is 3.23. The van der Waals surface area contributed by atoms with E-state index in [1.807, 2.05) is 32.9 Å². The average molecular weight is 273 g/mol. The monoisotopic (exact) mass is 273 g/mol. The molecule has 0 aliphatic carbocycles. The third-order valence-corrected chi connectivity index (χ3v) is 3.01. The van der Waals surface area contributed by atoms with Crippen LogP contribution in [0, 0.1) is 0 Å². The first-order valence-electron chi connectivity index (χ1n) is 6.46. The van der Waals surface area contributed by atoms with E-state index < -0.39 is 0 Å². The molecule has 0 amide bonds. The molecule has 0 aliphatic heterocycles. The Morgan fingerprint density at radius 3 is 2.60 bits per heavy atom. The Hall–Kier alpha value is -2.17. The minimum atomic E-state index is -0.127. The van der Waals surface area contributed by atoms with E-state index in [0.29, 0.717) is 12.4 Å². The highest BCUT2D eigenvalue weighted by Crippen LogP contribution is 2.17. The maximum Gasteiger partial charge on any atom is 0.253 e. The van der Waals surface area contributed by atoms with E-state index in [2.05, 4.69) is 9.97 Å². The van der Waals surface area contributed by atoms with Gasteiger partial charge >= 0.3 is 0 Å². The van der Waals surface area contributed by atoms with E-state index in [9.17, 15) is 4.79 Å². The van der Waals surface area contributed by atoms with Crippen LogP contribution in [0.4, 0.5) is 0 Å². The van der Waals surface area contributed by atoms with Crippen LogP contribution in [0.15, 0.2) is 35.5 Å². The van der Waals surface area contributed by atoms with Crippen molar-refractivity contribution in [2.45, 2.75) is 32.7 Å². The fourth-order valence-corrected chi connectivity index (χ4v) is 1.81. The third-order valence-electron chi connectivity index (χ3n) is 3.01. The van der Waals surface area contributed by atoms with Crippen LogP contribution in [0.25, 0.3) is 0 Å². The van der Waals surface area contributed by atoms with Crippen molar-refractivity contribution in [2.75, 3.05) is 7.11 Å². The molecule has 2 aromatic heterocycles. The van der Waals surface area contributed by atoms with E-state index in [-0.39, 0.29) is 11.0 Å². The van der Waals surface area contributed by atoms with Gasteiger partial charge in [0, 0.05) is 23.7 Å². The minimum Gasteiger partial charge on any atom is -0.481 e. The van der Waals surface area contributed by atoms with Crippen molar-refractivity contribution in [3.05, 3.63) is 52.3 Å². The molecule has 0 atom stereocenters. The van der Waals surface area contributed by atoms with Crippen LogP contribution in [0.2, 0.25) is 0 Å². The first-order chi connectivity index (χ1) is 9.40. The molecule has 0 radical (unpaired) electrons. The van der Waals surface area contributed by atoms with Gasteiger partial charge in [-0.2, -0.15) is 0 Å². The molecule has 20 heavy (non-hydrogen) atoms. The molecule has 5 heteroatoms. The van der Waals surface area contributed by atoms with E-state index >= 15 is 0 Å². The van der Waals surface area contributed by atoms with Gasteiger partial charge in [0.25, 0.3) is 5.56 Å². The smallest absolute Gasteiger partial charge is 0.253 e. The van der Waals surface area contributed by atoms with Gasteiger partial charge in [0.2, 0.25) is 5.88 Å². The van der Waals surface area contributed by atoms with Crippen molar-refractivity contribution in [3.63, 3.8) is 0 Å². The Labute approximate surface area is 118 Å². The number of pyridine rings is 1. The molecule has 0 fully saturated rings. The lowest BCUT2D eigenvalue weighted by atomic mass is 9.92. The summed E-state index contributed by atoms with van der Waals surface area (Å²) >= 11 is 0. The Morgan fingerprint density at radius 2 is 2.00 bits per heavy atom. The molecule has 2 rings (SSSR count). The van der Waals surface area contributed by atoms with Crippen LogP contribution in [0.3, 0.4) is 0 Å². The summed E-state index contributed by atoms with van der Waals surface area (Å²) in [6, 6.07) is 5.26. The van der Waals surface area contributed by atoms with Crippen molar-refractivity contribution in [2.24, 2.45) is 0 Å². The zero-order valence-electron chi connectivity index (χ0n) is 12.3. The average Bonchev–Trinajstić information content (AvgIpc) is 2.40. The highest BCUT2D eigenvalue weighted by atomic mass is 16.5. The van der Waals surface area contributed by atoms with Gasteiger partial charge in [0.05, 0.1) is 25.7 Å². The zero-order chi connectivity index (χ0) is 14.8. The second-order valence-electron chi connectivity index (χ2n) is 5.70. The largest absolute Gasteiger partial charge is 0.481 e. The fraction of sp³-hybridized carbons (Fsp3) is 0.400. The highest BCUT2D eigenvalue weighted by Gasteiger charge is 2.16. The molecule has 0 spiro atoms. The molecule has 0 unspecified atom stereocenters. The normalized spacial score (nSPS) is 11.4. The molecule has 0 saturated heterocycles. The first kappa shape index (κ1) is 14.2. The lowest BCUT2D eigenvalue weighted by molar-refractivity contribution is 0.397.